The Bertz CT molecular complexity index is 1790. The lowest BCUT2D eigenvalue weighted by Gasteiger charge is -2.48. The van der Waals surface area contributed by atoms with E-state index in [1.807, 2.05) is 0 Å². The molecule has 0 saturated carbocycles. The van der Waals surface area contributed by atoms with Gasteiger partial charge in [0, 0.05) is 11.4 Å². The molecule has 0 radical (unpaired) electrons. The van der Waals surface area contributed by atoms with Gasteiger partial charge in [0.1, 0.15) is 28.3 Å². The Balaban J connectivity index is 1.82. The van der Waals surface area contributed by atoms with E-state index in [-0.39, 0.29) is 17.7 Å². The van der Waals surface area contributed by atoms with Gasteiger partial charge in [-0.1, -0.05) is 150 Å². The van der Waals surface area contributed by atoms with Crippen LogP contribution in [0.2, 0.25) is 26.2 Å². The highest BCUT2D eigenvalue weighted by atomic mass is 28.3. The molecule has 4 aromatic carbocycles. The van der Waals surface area contributed by atoms with E-state index in [4.69, 9.17) is 0 Å². The van der Waals surface area contributed by atoms with Crippen molar-refractivity contribution in [2.45, 2.75) is 78.6 Å². The van der Waals surface area contributed by atoms with Crippen molar-refractivity contribution in [1.82, 2.24) is 0 Å². The molecule has 2 aliphatic heterocycles. The van der Waals surface area contributed by atoms with E-state index in [2.05, 4.69) is 157 Å². The van der Waals surface area contributed by atoms with Crippen molar-refractivity contribution in [1.29, 1.82) is 10.5 Å². The summed E-state index contributed by atoms with van der Waals surface area (Å²) >= 11 is 0. The van der Waals surface area contributed by atoms with Gasteiger partial charge in [0.05, 0.1) is 11.1 Å². The molecule has 3 nitrogen and oxygen atoms in total. The summed E-state index contributed by atoms with van der Waals surface area (Å²) in [5, 5.41) is 27.1. The average molecular weight is 608 g/mol. The standard InChI is InChI=1S/C38H42BN3Si2/c1-37(2,3)27-19-25(23-40)35-33(21-27)44(9,10)34-22-28(38(4,5)6)20-26(24-41)36(34)42(35)39-29-15-11-13-17-31(29)43(7,8)32-18-14-12-16-30(32)39/h11-22H,1-10H3. The van der Waals surface area contributed by atoms with Crippen molar-refractivity contribution in [3.63, 3.8) is 0 Å². The third-order valence-corrected chi connectivity index (χ3v) is 17.2. The lowest BCUT2D eigenvalue weighted by molar-refractivity contribution is 0.590. The highest BCUT2D eigenvalue weighted by Gasteiger charge is 2.50. The van der Waals surface area contributed by atoms with Gasteiger partial charge in [-0.3, -0.25) is 0 Å². The number of hydrogen-bond donors (Lipinski definition) is 0. The summed E-state index contributed by atoms with van der Waals surface area (Å²) in [6.07, 6.45) is 0. The Morgan fingerprint density at radius 2 is 0.932 bits per heavy atom. The topological polar surface area (TPSA) is 50.8 Å². The summed E-state index contributed by atoms with van der Waals surface area (Å²) in [5.74, 6) is 0. The van der Waals surface area contributed by atoms with Gasteiger partial charge in [-0.2, -0.15) is 10.5 Å². The Hall–Kier alpha value is -3.84. The van der Waals surface area contributed by atoms with Crippen LogP contribution in [-0.2, 0) is 10.8 Å². The van der Waals surface area contributed by atoms with Crippen molar-refractivity contribution in [2.75, 3.05) is 4.81 Å². The van der Waals surface area contributed by atoms with E-state index < -0.39 is 16.1 Å². The molecule has 0 spiro atoms. The summed E-state index contributed by atoms with van der Waals surface area (Å²) in [6.45, 7) is 22.9. The molecule has 2 aliphatic rings. The molecule has 0 N–H and O–H groups in total. The Labute approximate surface area is 266 Å². The van der Waals surface area contributed by atoms with Crippen molar-refractivity contribution in [3.05, 3.63) is 95.1 Å². The van der Waals surface area contributed by atoms with Crippen LogP contribution in [0.15, 0.2) is 72.8 Å². The van der Waals surface area contributed by atoms with Crippen LogP contribution in [0.25, 0.3) is 0 Å². The third kappa shape index (κ3) is 4.34. The Morgan fingerprint density at radius 1 is 0.568 bits per heavy atom. The van der Waals surface area contributed by atoms with Crippen LogP contribution in [-0.4, -0.2) is 23.0 Å². The second-order valence-electron chi connectivity index (χ2n) is 15.8. The second kappa shape index (κ2) is 9.83. The van der Waals surface area contributed by atoms with Gasteiger partial charge in [0.15, 0.2) is 0 Å². The number of anilines is 2. The van der Waals surface area contributed by atoms with Crippen molar-refractivity contribution >= 4 is 66.0 Å². The predicted molar refractivity (Wildman–Crippen MR) is 193 cm³/mol. The molecule has 6 rings (SSSR count). The van der Waals surface area contributed by atoms with E-state index in [1.165, 1.54) is 42.8 Å². The summed E-state index contributed by atoms with van der Waals surface area (Å²) in [7, 11) is -4.41. The molecule has 220 valence electrons. The molecular formula is C38H42BN3Si2. The molecule has 0 saturated heterocycles. The van der Waals surface area contributed by atoms with E-state index in [9.17, 15) is 10.5 Å². The summed E-state index contributed by atoms with van der Waals surface area (Å²) in [6, 6.07) is 32.1. The van der Waals surface area contributed by atoms with Gasteiger partial charge in [-0.05, 0) is 44.5 Å². The van der Waals surface area contributed by atoms with Crippen LogP contribution in [0.1, 0.15) is 63.8 Å². The Morgan fingerprint density at radius 3 is 1.30 bits per heavy atom. The fraction of sp³-hybridized carbons (Fsp3) is 0.316. The smallest absolute Gasteiger partial charge is 0.328 e. The van der Waals surface area contributed by atoms with Gasteiger partial charge in [0.25, 0.3) is 0 Å². The summed E-state index contributed by atoms with van der Waals surface area (Å²) in [4.78, 5) is 2.42. The lowest BCUT2D eigenvalue weighted by atomic mass is 9.48. The first-order chi connectivity index (χ1) is 20.5. The molecule has 44 heavy (non-hydrogen) atoms. The van der Waals surface area contributed by atoms with Crippen LogP contribution >= 0.6 is 0 Å². The quantitative estimate of drug-likeness (QED) is 0.278. The number of fused-ring (bicyclic) bond motifs is 4. The maximum absolute atomic E-state index is 10.8. The number of hydrogen-bond acceptors (Lipinski definition) is 3. The minimum atomic E-state index is -2.40. The number of rotatable bonds is 1. The van der Waals surface area contributed by atoms with Crippen LogP contribution in [0, 0.1) is 22.7 Å². The predicted octanol–water partition coefficient (Wildman–Crippen LogP) is 5.24. The fourth-order valence-corrected chi connectivity index (χ4v) is 13.7. The van der Waals surface area contributed by atoms with Crippen molar-refractivity contribution in [3.8, 4) is 12.1 Å². The van der Waals surface area contributed by atoms with Gasteiger partial charge in [-0.25, -0.2) is 0 Å². The fourth-order valence-electron chi connectivity index (χ4n) is 7.49. The van der Waals surface area contributed by atoms with Crippen LogP contribution in [0.5, 0.6) is 0 Å². The SMILES string of the molecule is CC(C)(C)c1cc(C#N)c2c(c1)[Si](C)(C)c1cc(C(C)(C)C)cc(C#N)c1N2B1c2ccccc2[Si](C)(C)c2ccccc21. The van der Waals surface area contributed by atoms with E-state index in [1.54, 1.807) is 0 Å². The molecule has 0 fully saturated rings. The molecule has 6 heteroatoms. The summed E-state index contributed by atoms with van der Waals surface area (Å²) in [5.41, 5.74) is 8.08. The second-order valence-corrected chi connectivity index (χ2v) is 24.4. The first kappa shape index (κ1) is 30.2. The van der Waals surface area contributed by atoms with Crippen molar-refractivity contribution < 1.29 is 0 Å². The van der Waals surface area contributed by atoms with Gasteiger partial charge >= 0.3 is 6.85 Å². The molecule has 4 aromatic rings. The largest absolute Gasteiger partial charge is 0.375 e. The highest BCUT2D eigenvalue weighted by molar-refractivity contribution is 7.12. The van der Waals surface area contributed by atoms with E-state index >= 15 is 0 Å². The molecule has 0 aromatic heterocycles. The highest BCUT2D eigenvalue weighted by Crippen LogP contribution is 2.41. The zero-order chi connectivity index (χ0) is 32.0. The first-order valence-corrected chi connectivity index (χ1v) is 21.7. The zero-order valence-electron chi connectivity index (χ0n) is 27.8. The minimum Gasteiger partial charge on any atom is -0.375 e. The molecule has 0 atom stereocenters. The van der Waals surface area contributed by atoms with E-state index in [0.717, 1.165) is 11.4 Å². The van der Waals surface area contributed by atoms with Gasteiger partial charge in [-0.15, -0.1) is 0 Å². The Kier molecular flexibility index (Phi) is 6.75. The van der Waals surface area contributed by atoms with Crippen LogP contribution in [0.4, 0.5) is 11.4 Å². The molecular weight excluding hydrogens is 565 g/mol. The molecule has 0 bridgehead atoms. The van der Waals surface area contributed by atoms with Gasteiger partial charge < -0.3 is 4.81 Å². The number of nitrogens with zero attached hydrogens (tertiary/aromatic N) is 3. The normalized spacial score (nSPS) is 16.2. The van der Waals surface area contributed by atoms with Crippen LogP contribution < -0.4 is 36.5 Å². The first-order valence-electron chi connectivity index (χ1n) is 15.7. The third-order valence-electron chi connectivity index (χ3n) is 10.1. The molecule has 2 heterocycles. The molecule has 0 unspecified atom stereocenters. The minimum absolute atomic E-state index is 0.110. The lowest BCUT2D eigenvalue weighted by Crippen LogP contribution is -2.78. The van der Waals surface area contributed by atoms with Crippen molar-refractivity contribution in [2.24, 2.45) is 0 Å². The zero-order valence-corrected chi connectivity index (χ0v) is 29.8. The average Bonchev–Trinajstić information content (AvgIpc) is 2.97. The maximum atomic E-state index is 10.8. The van der Waals surface area contributed by atoms with Crippen LogP contribution in [0.3, 0.4) is 0 Å². The summed E-state index contributed by atoms with van der Waals surface area (Å²) < 4.78 is 0. The molecule has 0 aliphatic carbocycles. The monoisotopic (exact) mass is 607 g/mol. The van der Waals surface area contributed by atoms with E-state index in [0.29, 0.717) is 11.1 Å². The molecule has 0 amide bonds. The van der Waals surface area contributed by atoms with Gasteiger partial charge in [0.2, 0.25) is 0 Å². The maximum Gasteiger partial charge on any atom is 0.328 e. The number of nitriles is 2. The number of benzene rings is 4.